The average Bonchev–Trinajstić information content (AvgIpc) is 3.26. The number of anilines is 1. The van der Waals surface area contributed by atoms with Crippen molar-refractivity contribution in [3.05, 3.63) is 54.1 Å². The molecule has 1 amide bonds. The Morgan fingerprint density at radius 3 is 2.58 bits per heavy atom. The Balaban J connectivity index is 1.50. The van der Waals surface area contributed by atoms with E-state index >= 15 is 0 Å². The predicted octanol–water partition coefficient (Wildman–Crippen LogP) is 2.39. The van der Waals surface area contributed by atoms with Crippen molar-refractivity contribution in [2.75, 3.05) is 57.9 Å². The number of rotatable bonds is 4. The number of hydrogen-bond donors (Lipinski definition) is 1. The van der Waals surface area contributed by atoms with Gasteiger partial charge in [-0.2, -0.15) is 0 Å². The van der Waals surface area contributed by atoms with Crippen LogP contribution in [0.2, 0.25) is 0 Å². The molecular formula is C25H31N3O3. The van der Waals surface area contributed by atoms with E-state index in [4.69, 9.17) is 4.74 Å². The second kappa shape index (κ2) is 8.61. The molecule has 6 heteroatoms. The fourth-order valence-corrected chi connectivity index (χ4v) is 5.59. The number of hydrogen-bond acceptors (Lipinski definition) is 5. The zero-order valence-corrected chi connectivity index (χ0v) is 18.1. The van der Waals surface area contributed by atoms with Gasteiger partial charge in [0.05, 0.1) is 38.4 Å². The predicted molar refractivity (Wildman–Crippen MR) is 121 cm³/mol. The molecule has 1 N–H and O–H groups in total. The summed E-state index contributed by atoms with van der Waals surface area (Å²) in [4.78, 5) is 19.9. The first-order valence-corrected chi connectivity index (χ1v) is 11.3. The summed E-state index contributed by atoms with van der Waals surface area (Å²) in [7, 11) is 2.07. The Bertz CT molecular complexity index is 929. The molecule has 3 heterocycles. The molecule has 0 bridgehead atoms. The first-order valence-electron chi connectivity index (χ1n) is 11.3. The van der Waals surface area contributed by atoms with E-state index in [0.29, 0.717) is 19.8 Å². The molecule has 0 saturated carbocycles. The molecule has 2 aromatic carbocycles. The molecule has 0 aromatic heterocycles. The summed E-state index contributed by atoms with van der Waals surface area (Å²) in [5.41, 5.74) is 4.66. The largest absolute Gasteiger partial charge is 0.394 e. The van der Waals surface area contributed by atoms with E-state index in [2.05, 4.69) is 64.2 Å². The van der Waals surface area contributed by atoms with E-state index in [9.17, 15) is 9.90 Å². The summed E-state index contributed by atoms with van der Waals surface area (Å²) in [5.74, 6) is 0.425. The minimum Gasteiger partial charge on any atom is -0.394 e. The number of ether oxygens (including phenoxy) is 1. The van der Waals surface area contributed by atoms with Crippen LogP contribution in [0.3, 0.4) is 0 Å². The molecule has 31 heavy (non-hydrogen) atoms. The maximum absolute atomic E-state index is 13.4. The highest BCUT2D eigenvalue weighted by Gasteiger charge is 2.47. The number of aliphatic hydroxyl groups excluding tert-OH is 1. The summed E-state index contributed by atoms with van der Waals surface area (Å²) in [5, 5.41) is 10.2. The summed E-state index contributed by atoms with van der Waals surface area (Å²) in [6, 6.07) is 17.0. The third-order valence-electron chi connectivity index (χ3n) is 7.24. The van der Waals surface area contributed by atoms with Crippen molar-refractivity contribution in [1.29, 1.82) is 0 Å². The molecule has 2 saturated heterocycles. The highest BCUT2D eigenvalue weighted by molar-refractivity contribution is 5.80. The number of fused-ring (bicyclic) bond motifs is 3. The van der Waals surface area contributed by atoms with Gasteiger partial charge in [-0.1, -0.05) is 36.4 Å². The first-order chi connectivity index (χ1) is 15.2. The van der Waals surface area contributed by atoms with Crippen LogP contribution in [0, 0.1) is 5.92 Å². The van der Waals surface area contributed by atoms with E-state index in [1.54, 1.807) is 0 Å². The van der Waals surface area contributed by atoms with Crippen LogP contribution < -0.4 is 4.90 Å². The number of likely N-dealkylation sites (N-methyl/N-ethyl adjacent to an activating group) is 1. The maximum atomic E-state index is 13.4. The zero-order chi connectivity index (χ0) is 21.4. The van der Waals surface area contributed by atoms with Crippen LogP contribution in [0.4, 0.5) is 5.69 Å². The van der Waals surface area contributed by atoms with Crippen LogP contribution in [-0.2, 0) is 9.53 Å². The smallest absolute Gasteiger partial charge is 0.237 e. The summed E-state index contributed by atoms with van der Waals surface area (Å²) in [6.07, 6.45) is 0.921. The lowest BCUT2D eigenvalue weighted by molar-refractivity contribution is -0.135. The van der Waals surface area contributed by atoms with Crippen LogP contribution in [0.25, 0.3) is 11.1 Å². The van der Waals surface area contributed by atoms with E-state index in [1.165, 1.54) is 16.7 Å². The molecule has 3 atom stereocenters. The normalized spacial score (nSPS) is 25.9. The van der Waals surface area contributed by atoms with Crippen molar-refractivity contribution < 1.29 is 14.6 Å². The van der Waals surface area contributed by atoms with Crippen LogP contribution in [0.1, 0.15) is 18.0 Å². The van der Waals surface area contributed by atoms with Crippen LogP contribution in [-0.4, -0.2) is 79.9 Å². The van der Waals surface area contributed by atoms with Crippen molar-refractivity contribution in [3.8, 4) is 11.1 Å². The summed E-state index contributed by atoms with van der Waals surface area (Å²) < 4.78 is 5.43. The van der Waals surface area contributed by atoms with Crippen molar-refractivity contribution in [3.63, 3.8) is 0 Å². The minimum atomic E-state index is 0.0144. The quantitative estimate of drug-likeness (QED) is 0.822. The summed E-state index contributed by atoms with van der Waals surface area (Å²) in [6.45, 7) is 4.30. The molecule has 6 nitrogen and oxygen atoms in total. The highest BCUT2D eigenvalue weighted by Crippen LogP contribution is 2.49. The number of likely N-dealkylation sites (tertiary alicyclic amines) is 1. The van der Waals surface area contributed by atoms with E-state index < -0.39 is 0 Å². The SMILES string of the molecule is CN1c2ccc(-c3ccccc3)cc2[C@@H]2[C@@H](CCN2C(=O)CN2CCOCC2)[C@H]1CO. The molecule has 3 aliphatic rings. The molecule has 0 spiro atoms. The van der Waals surface area contributed by atoms with E-state index in [-0.39, 0.29) is 30.5 Å². The topological polar surface area (TPSA) is 56.2 Å². The second-order valence-electron chi connectivity index (χ2n) is 8.87. The Kier molecular flexibility index (Phi) is 5.69. The molecule has 2 aromatic rings. The molecular weight excluding hydrogens is 390 g/mol. The molecule has 3 aliphatic heterocycles. The molecule has 2 fully saturated rings. The zero-order valence-electron chi connectivity index (χ0n) is 18.1. The number of carbonyl (C=O) groups excluding carboxylic acids is 1. The third kappa shape index (κ3) is 3.73. The first kappa shape index (κ1) is 20.5. The second-order valence-corrected chi connectivity index (χ2v) is 8.87. The third-order valence-corrected chi connectivity index (χ3v) is 7.24. The fourth-order valence-electron chi connectivity index (χ4n) is 5.59. The van der Waals surface area contributed by atoms with E-state index in [1.807, 2.05) is 6.07 Å². The average molecular weight is 422 g/mol. The van der Waals surface area contributed by atoms with Gasteiger partial charge in [0.1, 0.15) is 0 Å². The number of benzene rings is 2. The Hall–Kier alpha value is -2.41. The van der Waals surface area contributed by atoms with Gasteiger partial charge in [-0.3, -0.25) is 9.69 Å². The van der Waals surface area contributed by atoms with Gasteiger partial charge in [0.2, 0.25) is 5.91 Å². The standard InChI is InChI=1S/C25H31N3O3/c1-26-22-8-7-19(18-5-3-2-4-6-18)15-21(22)25-20(23(26)17-29)9-10-28(25)24(30)16-27-11-13-31-14-12-27/h2-8,15,20,23,25,29H,9-14,16-17H2,1H3/t20-,23+,25-/m0/s1. The Morgan fingerprint density at radius 2 is 1.84 bits per heavy atom. The minimum absolute atomic E-state index is 0.0144. The van der Waals surface area contributed by atoms with Crippen molar-refractivity contribution in [2.45, 2.75) is 18.5 Å². The Labute approximate surface area is 184 Å². The van der Waals surface area contributed by atoms with Crippen molar-refractivity contribution >= 4 is 11.6 Å². The fraction of sp³-hybridized carbons (Fsp3) is 0.480. The monoisotopic (exact) mass is 421 g/mol. The lowest BCUT2D eigenvalue weighted by Crippen LogP contribution is -2.50. The van der Waals surface area contributed by atoms with Gasteiger partial charge in [0, 0.05) is 38.3 Å². The van der Waals surface area contributed by atoms with Crippen LogP contribution in [0.5, 0.6) is 0 Å². The van der Waals surface area contributed by atoms with E-state index in [0.717, 1.165) is 31.7 Å². The van der Waals surface area contributed by atoms with Crippen LogP contribution in [0.15, 0.2) is 48.5 Å². The molecule has 0 unspecified atom stereocenters. The lowest BCUT2D eigenvalue weighted by Gasteiger charge is -2.45. The van der Waals surface area contributed by atoms with Gasteiger partial charge in [-0.15, -0.1) is 0 Å². The number of nitrogens with zero attached hydrogens (tertiary/aromatic N) is 3. The maximum Gasteiger partial charge on any atom is 0.237 e. The summed E-state index contributed by atoms with van der Waals surface area (Å²) >= 11 is 0. The van der Waals surface area contributed by atoms with Gasteiger partial charge in [0.15, 0.2) is 0 Å². The van der Waals surface area contributed by atoms with Gasteiger partial charge < -0.3 is 19.6 Å². The number of carbonyl (C=O) groups is 1. The Morgan fingerprint density at radius 1 is 1.06 bits per heavy atom. The molecule has 5 rings (SSSR count). The lowest BCUT2D eigenvalue weighted by atomic mass is 9.81. The van der Waals surface area contributed by atoms with Crippen LogP contribution >= 0.6 is 0 Å². The molecule has 0 radical (unpaired) electrons. The van der Waals surface area contributed by atoms with Gasteiger partial charge in [-0.25, -0.2) is 0 Å². The van der Waals surface area contributed by atoms with Crippen molar-refractivity contribution in [2.24, 2.45) is 5.92 Å². The number of amides is 1. The number of morpholine rings is 1. The molecule has 164 valence electrons. The van der Waals surface area contributed by atoms with Crippen molar-refractivity contribution in [1.82, 2.24) is 9.80 Å². The van der Waals surface area contributed by atoms with Gasteiger partial charge >= 0.3 is 0 Å². The molecule has 0 aliphatic carbocycles. The number of aliphatic hydroxyl groups is 1. The van der Waals surface area contributed by atoms with Gasteiger partial charge in [0.25, 0.3) is 0 Å². The van der Waals surface area contributed by atoms with Gasteiger partial charge in [-0.05, 0) is 35.2 Å². The highest BCUT2D eigenvalue weighted by atomic mass is 16.5.